The normalized spacial score (nSPS) is 15.9. The van der Waals surface area contributed by atoms with Crippen molar-refractivity contribution in [3.8, 4) is 17.2 Å². The fourth-order valence-corrected chi connectivity index (χ4v) is 1.19. The van der Waals surface area contributed by atoms with E-state index in [1.807, 2.05) is 0 Å². The zero-order valence-electron chi connectivity index (χ0n) is 7.91. The lowest BCUT2D eigenvalue weighted by molar-refractivity contribution is -0.385. The van der Waals surface area contributed by atoms with Crippen molar-refractivity contribution in [2.75, 3.05) is 6.61 Å². The number of ether oxygens (including phenoxy) is 3. The maximum absolute atomic E-state index is 10.2. The van der Waals surface area contributed by atoms with E-state index < -0.39 is 18.7 Å². The minimum atomic E-state index is -2.69. The monoisotopic (exact) mass is 228 g/mol. The van der Waals surface area contributed by atoms with E-state index in [0.717, 1.165) is 0 Å². The van der Waals surface area contributed by atoms with Crippen molar-refractivity contribution in [1.82, 2.24) is 0 Å². The highest BCUT2D eigenvalue weighted by atomic mass is 17.0. The quantitative estimate of drug-likeness (QED) is 0.600. The molecule has 0 radical (unpaired) electrons. The van der Waals surface area contributed by atoms with Crippen LogP contribution in [0.2, 0.25) is 0 Å². The molecule has 0 aliphatic carbocycles. The number of hydrogen-bond donors (Lipinski definition) is 3. The van der Waals surface area contributed by atoms with Crippen LogP contribution in [0, 0.1) is 0 Å². The van der Waals surface area contributed by atoms with Crippen LogP contribution in [0.15, 0.2) is 18.2 Å². The van der Waals surface area contributed by atoms with Gasteiger partial charge in [0, 0.05) is 6.07 Å². The predicted molar refractivity (Wildman–Crippen MR) is 48.0 cm³/mol. The SMILES string of the molecule is O=C(O)COc1ccc2c(c1)OC(O)(O)O2. The summed E-state index contributed by atoms with van der Waals surface area (Å²) in [6.45, 7) is -0.497. The molecule has 0 saturated carbocycles. The van der Waals surface area contributed by atoms with Gasteiger partial charge in [0.1, 0.15) is 5.75 Å². The number of benzene rings is 1. The van der Waals surface area contributed by atoms with Gasteiger partial charge in [0.15, 0.2) is 18.1 Å². The minimum absolute atomic E-state index is 0.0629. The first-order chi connectivity index (χ1) is 7.46. The van der Waals surface area contributed by atoms with E-state index >= 15 is 0 Å². The third-order valence-electron chi connectivity index (χ3n) is 1.76. The molecule has 2 rings (SSSR count). The Balaban J connectivity index is 2.13. The number of fused-ring (bicyclic) bond motifs is 1. The van der Waals surface area contributed by atoms with Gasteiger partial charge >= 0.3 is 12.1 Å². The van der Waals surface area contributed by atoms with Crippen molar-refractivity contribution in [3.05, 3.63) is 18.2 Å². The molecule has 1 aliphatic rings. The van der Waals surface area contributed by atoms with Crippen LogP contribution in [-0.2, 0) is 4.79 Å². The summed E-state index contributed by atoms with van der Waals surface area (Å²) in [7, 11) is 0. The van der Waals surface area contributed by atoms with Gasteiger partial charge in [-0.05, 0) is 12.1 Å². The third-order valence-corrected chi connectivity index (χ3v) is 1.76. The first kappa shape index (κ1) is 10.5. The number of carboxylic acid groups (broad SMARTS) is 1. The summed E-state index contributed by atoms with van der Waals surface area (Å²) in [5.41, 5.74) is 0. The van der Waals surface area contributed by atoms with Crippen LogP contribution >= 0.6 is 0 Å². The molecule has 1 aromatic carbocycles. The zero-order valence-corrected chi connectivity index (χ0v) is 7.91. The van der Waals surface area contributed by atoms with Crippen molar-refractivity contribution in [2.24, 2.45) is 0 Å². The summed E-state index contributed by atoms with van der Waals surface area (Å²) in [4.78, 5) is 10.2. The van der Waals surface area contributed by atoms with Crippen LogP contribution in [0.25, 0.3) is 0 Å². The van der Waals surface area contributed by atoms with E-state index in [1.54, 1.807) is 0 Å². The number of aliphatic hydroxyl groups is 2. The van der Waals surface area contributed by atoms with Gasteiger partial charge in [-0.15, -0.1) is 0 Å². The molecule has 7 nitrogen and oxygen atoms in total. The van der Waals surface area contributed by atoms with Gasteiger partial charge in [0.25, 0.3) is 0 Å². The molecule has 3 N–H and O–H groups in total. The summed E-state index contributed by atoms with van der Waals surface area (Å²) >= 11 is 0. The number of carboxylic acids is 1. The van der Waals surface area contributed by atoms with Gasteiger partial charge in [0.2, 0.25) is 0 Å². The Hall–Kier alpha value is -1.99. The lowest BCUT2D eigenvalue weighted by atomic mass is 10.3. The maximum atomic E-state index is 10.2. The molecular weight excluding hydrogens is 220 g/mol. The highest BCUT2D eigenvalue weighted by Gasteiger charge is 2.38. The lowest BCUT2D eigenvalue weighted by Gasteiger charge is -2.10. The van der Waals surface area contributed by atoms with Gasteiger partial charge < -0.3 is 19.3 Å². The second-order valence-corrected chi connectivity index (χ2v) is 3.04. The van der Waals surface area contributed by atoms with E-state index in [-0.39, 0.29) is 17.2 Å². The fourth-order valence-electron chi connectivity index (χ4n) is 1.19. The Labute approximate surface area is 89.4 Å². The average molecular weight is 228 g/mol. The molecule has 1 heterocycles. The van der Waals surface area contributed by atoms with E-state index in [0.29, 0.717) is 0 Å². The van der Waals surface area contributed by atoms with Gasteiger partial charge in [-0.2, -0.15) is 0 Å². The average Bonchev–Trinajstić information content (AvgIpc) is 2.47. The highest BCUT2D eigenvalue weighted by molar-refractivity contribution is 5.68. The molecule has 0 unspecified atom stereocenters. The number of carbonyl (C=O) groups is 1. The largest absolute Gasteiger partial charge is 0.505 e. The number of rotatable bonds is 3. The molecule has 0 aromatic heterocycles. The zero-order chi connectivity index (χ0) is 11.8. The lowest BCUT2D eigenvalue weighted by Crippen LogP contribution is -2.37. The van der Waals surface area contributed by atoms with Gasteiger partial charge in [0.05, 0.1) is 0 Å². The van der Waals surface area contributed by atoms with Crippen LogP contribution in [0.4, 0.5) is 0 Å². The molecule has 0 atom stereocenters. The van der Waals surface area contributed by atoms with Crippen molar-refractivity contribution < 1.29 is 34.3 Å². The molecule has 1 aliphatic heterocycles. The Morgan fingerprint density at radius 3 is 2.69 bits per heavy atom. The molecule has 16 heavy (non-hydrogen) atoms. The first-order valence-electron chi connectivity index (χ1n) is 4.28. The molecule has 0 bridgehead atoms. The summed E-state index contributed by atoms with van der Waals surface area (Å²) in [6.07, 6.45) is -2.69. The van der Waals surface area contributed by atoms with Crippen molar-refractivity contribution in [3.63, 3.8) is 0 Å². The van der Waals surface area contributed by atoms with Crippen molar-refractivity contribution in [1.29, 1.82) is 0 Å². The van der Waals surface area contributed by atoms with Crippen LogP contribution in [0.5, 0.6) is 17.2 Å². The smallest absolute Gasteiger partial charge is 0.482 e. The Morgan fingerprint density at radius 2 is 2.00 bits per heavy atom. The Kier molecular flexibility index (Phi) is 2.33. The fraction of sp³-hybridized carbons (Fsp3) is 0.222. The highest BCUT2D eigenvalue weighted by Crippen LogP contribution is 2.39. The van der Waals surface area contributed by atoms with E-state index in [2.05, 4.69) is 9.47 Å². The van der Waals surface area contributed by atoms with Crippen LogP contribution in [0.3, 0.4) is 0 Å². The number of aliphatic carboxylic acids is 1. The summed E-state index contributed by atoms with van der Waals surface area (Å²) in [5.74, 6) is -0.695. The topological polar surface area (TPSA) is 105 Å². The first-order valence-corrected chi connectivity index (χ1v) is 4.28. The maximum Gasteiger partial charge on any atom is 0.505 e. The molecule has 0 amide bonds. The summed E-state index contributed by atoms with van der Waals surface area (Å²) in [5, 5.41) is 26.4. The van der Waals surface area contributed by atoms with E-state index in [9.17, 15) is 4.79 Å². The molecular formula is C9H8O7. The van der Waals surface area contributed by atoms with Gasteiger partial charge in [-0.1, -0.05) is 0 Å². The molecule has 1 aromatic rings. The molecule has 0 spiro atoms. The second-order valence-electron chi connectivity index (χ2n) is 3.04. The van der Waals surface area contributed by atoms with Crippen molar-refractivity contribution >= 4 is 5.97 Å². The van der Waals surface area contributed by atoms with E-state index in [1.165, 1.54) is 18.2 Å². The Bertz CT molecular complexity index is 426. The summed E-state index contributed by atoms with van der Waals surface area (Å²) < 4.78 is 14.1. The van der Waals surface area contributed by atoms with Gasteiger partial charge in [-0.3, -0.25) is 10.2 Å². The molecule has 0 fully saturated rings. The molecule has 0 saturated heterocycles. The van der Waals surface area contributed by atoms with Crippen LogP contribution < -0.4 is 14.2 Å². The van der Waals surface area contributed by atoms with Crippen LogP contribution in [-0.4, -0.2) is 34.1 Å². The standard InChI is InChI=1S/C9H8O7/c10-8(11)4-14-5-1-2-6-7(3-5)16-9(12,13)15-6/h1-3,12-13H,4H2,(H,10,11). The molecule has 86 valence electrons. The van der Waals surface area contributed by atoms with E-state index in [4.69, 9.17) is 20.1 Å². The third kappa shape index (κ3) is 2.15. The Morgan fingerprint density at radius 1 is 1.31 bits per heavy atom. The minimum Gasteiger partial charge on any atom is -0.482 e. The summed E-state index contributed by atoms with van der Waals surface area (Å²) in [6, 6.07) is 4.10. The van der Waals surface area contributed by atoms with Crippen LogP contribution in [0.1, 0.15) is 0 Å². The molecule has 7 heteroatoms. The second kappa shape index (κ2) is 3.54. The number of hydrogen-bond acceptors (Lipinski definition) is 6. The van der Waals surface area contributed by atoms with Gasteiger partial charge in [-0.25, -0.2) is 4.79 Å². The predicted octanol–water partition coefficient (Wildman–Crippen LogP) is -0.483. The van der Waals surface area contributed by atoms with Crippen molar-refractivity contribution in [2.45, 2.75) is 6.16 Å².